The zero-order valence-electron chi connectivity index (χ0n) is 18.0. The minimum Gasteiger partial charge on any atom is -0.293 e. The second kappa shape index (κ2) is 7.55. The first-order valence-electron chi connectivity index (χ1n) is 10.6. The number of nitrogens with one attached hydrogen (secondary N) is 1. The van der Waals surface area contributed by atoms with Crippen molar-refractivity contribution in [3.63, 3.8) is 0 Å². The first-order valence-corrected chi connectivity index (χ1v) is 12.1. The first-order chi connectivity index (χ1) is 16.1. The van der Waals surface area contributed by atoms with Gasteiger partial charge in [0, 0.05) is 22.8 Å². The van der Waals surface area contributed by atoms with Crippen LogP contribution >= 0.6 is 0 Å². The number of sulfonamides is 1. The highest BCUT2D eigenvalue weighted by Gasteiger charge is 2.65. The molecule has 1 N–H and O–H groups in total. The third-order valence-electron chi connectivity index (χ3n) is 6.24. The highest BCUT2D eigenvalue weighted by Crippen LogP contribution is 2.49. The minimum absolute atomic E-state index is 0.276. The summed E-state index contributed by atoms with van der Waals surface area (Å²) >= 11 is 0. The molecule has 0 amide bonds. The number of rotatable bonds is 6. The maximum absolute atomic E-state index is 13.2. The predicted molar refractivity (Wildman–Crippen MR) is 121 cm³/mol. The maximum atomic E-state index is 13.2. The molecule has 5 rings (SSSR count). The van der Waals surface area contributed by atoms with Gasteiger partial charge in [-0.15, -0.1) is 0 Å². The van der Waals surface area contributed by atoms with Gasteiger partial charge in [0.25, 0.3) is 0 Å². The Labute approximate surface area is 194 Å². The van der Waals surface area contributed by atoms with Crippen molar-refractivity contribution in [2.45, 2.75) is 42.8 Å². The molecule has 0 unspecified atom stereocenters. The van der Waals surface area contributed by atoms with E-state index in [9.17, 15) is 26.9 Å². The number of benzene rings is 1. The van der Waals surface area contributed by atoms with Crippen molar-refractivity contribution in [1.29, 1.82) is 5.26 Å². The van der Waals surface area contributed by atoms with E-state index < -0.39 is 21.7 Å². The number of allylic oxidation sites excluding steroid dienone is 4. The van der Waals surface area contributed by atoms with Crippen LogP contribution < -0.4 is 4.72 Å². The third kappa shape index (κ3) is 3.43. The molecule has 2 heterocycles. The number of alkyl halides is 3. The summed E-state index contributed by atoms with van der Waals surface area (Å²) in [7, 11) is -4.38. The summed E-state index contributed by atoms with van der Waals surface area (Å²) < 4.78 is 68.7. The van der Waals surface area contributed by atoms with Gasteiger partial charge in [-0.05, 0) is 55.2 Å². The molecule has 2 aromatic heterocycles. The summed E-state index contributed by atoms with van der Waals surface area (Å²) in [4.78, 5) is 4.29. The van der Waals surface area contributed by atoms with E-state index in [2.05, 4.69) is 11.1 Å². The SMILES string of the molecule is CCc1cnc2c(c1)c(C#N)c(-c1ccc(S(=O)(=O)NC3(C(F)(F)F)CC3)cc1)n2C1=CC=C1. The fraction of sp³-hybridized carbons (Fsp3) is 0.250. The average molecular weight is 485 g/mol. The monoisotopic (exact) mass is 484 g/mol. The van der Waals surface area contributed by atoms with Crippen LogP contribution in [0.2, 0.25) is 0 Å². The summed E-state index contributed by atoms with van der Waals surface area (Å²) in [6.45, 7) is 1.99. The molecule has 34 heavy (non-hydrogen) atoms. The van der Waals surface area contributed by atoms with Crippen molar-refractivity contribution in [2.75, 3.05) is 0 Å². The molecule has 2 aliphatic carbocycles. The summed E-state index contributed by atoms with van der Waals surface area (Å²) in [6, 6.07) is 9.66. The van der Waals surface area contributed by atoms with Crippen molar-refractivity contribution in [3.8, 4) is 17.3 Å². The normalized spacial score (nSPS) is 16.7. The summed E-state index contributed by atoms with van der Waals surface area (Å²) in [5, 5.41) is 10.7. The third-order valence-corrected chi connectivity index (χ3v) is 7.79. The Morgan fingerprint density at radius 2 is 1.91 bits per heavy atom. The van der Waals surface area contributed by atoms with Gasteiger partial charge in [0.2, 0.25) is 10.0 Å². The number of nitriles is 1. The van der Waals surface area contributed by atoms with Gasteiger partial charge in [0.05, 0.1) is 16.2 Å². The largest absolute Gasteiger partial charge is 0.407 e. The zero-order chi connectivity index (χ0) is 24.3. The van der Waals surface area contributed by atoms with Gasteiger partial charge in [-0.25, -0.2) is 13.4 Å². The van der Waals surface area contributed by atoms with Gasteiger partial charge in [-0.1, -0.05) is 25.1 Å². The lowest BCUT2D eigenvalue weighted by atomic mass is 10.1. The van der Waals surface area contributed by atoms with Crippen molar-refractivity contribution in [1.82, 2.24) is 14.3 Å². The molecule has 1 fully saturated rings. The molecule has 0 aliphatic heterocycles. The van der Waals surface area contributed by atoms with Crippen LogP contribution in [0.25, 0.3) is 28.0 Å². The van der Waals surface area contributed by atoms with Crippen LogP contribution in [0.3, 0.4) is 0 Å². The van der Waals surface area contributed by atoms with Gasteiger partial charge in [0.15, 0.2) is 0 Å². The second-order valence-electron chi connectivity index (χ2n) is 8.40. The number of aromatic nitrogens is 2. The van der Waals surface area contributed by atoms with E-state index in [0.717, 1.165) is 17.7 Å². The van der Waals surface area contributed by atoms with Crippen LogP contribution in [0, 0.1) is 11.3 Å². The molecule has 0 atom stereocenters. The molecule has 0 saturated heterocycles. The van der Waals surface area contributed by atoms with Gasteiger partial charge in [-0.3, -0.25) is 4.57 Å². The molecule has 10 heteroatoms. The van der Waals surface area contributed by atoms with Crippen LogP contribution in [0.1, 0.15) is 30.9 Å². The fourth-order valence-electron chi connectivity index (χ4n) is 4.05. The number of hydrogen-bond acceptors (Lipinski definition) is 4. The number of pyridine rings is 1. The smallest absolute Gasteiger partial charge is 0.293 e. The lowest BCUT2D eigenvalue weighted by Crippen LogP contribution is -2.47. The topological polar surface area (TPSA) is 87.8 Å². The van der Waals surface area contributed by atoms with Gasteiger partial charge < -0.3 is 0 Å². The summed E-state index contributed by atoms with van der Waals surface area (Å²) in [5.41, 5.74) is 1.47. The van der Waals surface area contributed by atoms with Crippen molar-refractivity contribution in [2.24, 2.45) is 0 Å². The molecular weight excluding hydrogens is 465 g/mol. The number of hydrogen-bond donors (Lipinski definition) is 1. The van der Waals surface area contributed by atoms with Gasteiger partial charge >= 0.3 is 6.18 Å². The maximum Gasteiger partial charge on any atom is 0.407 e. The fourth-order valence-corrected chi connectivity index (χ4v) is 5.49. The van der Waals surface area contributed by atoms with Gasteiger partial charge in [0.1, 0.15) is 17.3 Å². The molecular formula is C24H19F3N4O2S. The lowest BCUT2D eigenvalue weighted by molar-refractivity contribution is -0.160. The van der Waals surface area contributed by atoms with Crippen molar-refractivity contribution in [3.05, 3.63) is 65.9 Å². The Balaban J connectivity index is 1.59. The quantitative estimate of drug-likeness (QED) is 0.538. The van der Waals surface area contributed by atoms with E-state index >= 15 is 0 Å². The highest BCUT2D eigenvalue weighted by molar-refractivity contribution is 7.89. The summed E-state index contributed by atoms with van der Waals surface area (Å²) in [6.07, 6.45) is 2.87. The van der Waals surface area contributed by atoms with Crippen LogP contribution in [0.5, 0.6) is 0 Å². The molecule has 0 bridgehead atoms. The molecule has 0 spiro atoms. The van der Waals surface area contributed by atoms with E-state index in [1.165, 1.54) is 24.3 Å². The van der Waals surface area contributed by atoms with Crippen LogP contribution in [0.15, 0.2) is 59.7 Å². The van der Waals surface area contributed by atoms with E-state index in [0.29, 0.717) is 27.9 Å². The lowest BCUT2D eigenvalue weighted by Gasteiger charge is -2.20. The number of nitrogens with zero attached hydrogens (tertiary/aromatic N) is 3. The molecule has 0 radical (unpaired) electrons. The van der Waals surface area contributed by atoms with E-state index in [-0.39, 0.29) is 17.7 Å². The van der Waals surface area contributed by atoms with Gasteiger partial charge in [-0.2, -0.15) is 23.2 Å². The predicted octanol–water partition coefficient (Wildman–Crippen LogP) is 4.92. The molecule has 3 aromatic rings. The first kappa shape index (κ1) is 22.4. The zero-order valence-corrected chi connectivity index (χ0v) is 18.8. The molecule has 174 valence electrons. The Morgan fingerprint density at radius 3 is 2.41 bits per heavy atom. The Kier molecular flexibility index (Phi) is 4.97. The Hall–Kier alpha value is -3.42. The molecule has 1 saturated carbocycles. The van der Waals surface area contributed by atoms with Crippen LogP contribution in [-0.2, 0) is 16.4 Å². The summed E-state index contributed by atoms with van der Waals surface area (Å²) in [5.74, 6) is 0. The average Bonchev–Trinajstić information content (AvgIpc) is 3.48. The highest BCUT2D eigenvalue weighted by atomic mass is 32.2. The minimum atomic E-state index is -4.66. The Bertz CT molecular complexity index is 1520. The van der Waals surface area contributed by atoms with Crippen LogP contribution in [0.4, 0.5) is 13.2 Å². The van der Waals surface area contributed by atoms with Crippen molar-refractivity contribution >= 4 is 26.8 Å². The van der Waals surface area contributed by atoms with E-state index in [1.54, 1.807) is 6.20 Å². The number of halogens is 3. The van der Waals surface area contributed by atoms with E-state index in [1.807, 2.05) is 40.5 Å². The van der Waals surface area contributed by atoms with Crippen LogP contribution in [-0.4, -0.2) is 29.7 Å². The second-order valence-corrected chi connectivity index (χ2v) is 10.1. The van der Waals surface area contributed by atoms with E-state index in [4.69, 9.17) is 0 Å². The number of aryl methyl sites for hydroxylation is 1. The van der Waals surface area contributed by atoms with Crippen molar-refractivity contribution < 1.29 is 21.6 Å². The molecule has 2 aliphatic rings. The molecule has 6 nitrogen and oxygen atoms in total. The standard InChI is InChI=1S/C24H19F3N4O2S/c1-2-15-12-19-20(13-28)21(31(17-4-3-5-17)22(19)29-14-15)16-6-8-18(9-7-16)34(32,33)30-23(10-11-23)24(25,26)27/h3-9,12,14,30H,2,10-11H2,1H3. The number of fused-ring (bicyclic) bond motifs is 1. The molecule has 1 aromatic carbocycles. The Morgan fingerprint density at radius 1 is 1.24 bits per heavy atom.